The monoisotopic (exact) mass is 494 g/mol. The highest BCUT2D eigenvalue weighted by Crippen LogP contribution is 2.39. The van der Waals surface area contributed by atoms with E-state index < -0.39 is 0 Å². The molecular formula is C29H34N8. The van der Waals surface area contributed by atoms with E-state index in [1.54, 1.807) is 17.3 Å². The van der Waals surface area contributed by atoms with Crippen LogP contribution in [0.2, 0.25) is 0 Å². The number of anilines is 2. The Hall–Kier alpha value is -3.78. The topological polar surface area (TPSA) is 97.8 Å². The molecule has 4 aromatic rings. The Morgan fingerprint density at radius 1 is 0.919 bits per heavy atom. The fraction of sp³-hybridized carbons (Fsp3) is 0.379. The van der Waals surface area contributed by atoms with Crippen molar-refractivity contribution in [2.45, 2.75) is 50.1 Å². The molecule has 190 valence electrons. The maximum absolute atomic E-state index is 7.34. The molecule has 3 heterocycles. The Bertz CT molecular complexity index is 1290. The first kappa shape index (κ1) is 23.6. The van der Waals surface area contributed by atoms with Gasteiger partial charge in [0.05, 0.1) is 11.4 Å². The van der Waals surface area contributed by atoms with Crippen LogP contribution >= 0.6 is 0 Å². The fourth-order valence-electron chi connectivity index (χ4n) is 6.08. The molecule has 8 nitrogen and oxygen atoms in total. The highest BCUT2D eigenvalue weighted by molar-refractivity contribution is 5.59. The van der Waals surface area contributed by atoms with Crippen LogP contribution in [-0.4, -0.2) is 49.4 Å². The van der Waals surface area contributed by atoms with Crippen molar-refractivity contribution in [3.63, 3.8) is 0 Å². The zero-order chi connectivity index (χ0) is 25.1. The summed E-state index contributed by atoms with van der Waals surface area (Å²) in [6.07, 6.45) is 11.8. The molecule has 2 aliphatic rings. The molecule has 0 radical (unpaired) electrons. The van der Waals surface area contributed by atoms with Gasteiger partial charge in [0.15, 0.2) is 0 Å². The van der Waals surface area contributed by atoms with Gasteiger partial charge in [-0.25, -0.2) is 19.6 Å². The van der Waals surface area contributed by atoms with Gasteiger partial charge in [0.1, 0.15) is 12.7 Å². The van der Waals surface area contributed by atoms with Crippen LogP contribution in [0.4, 0.5) is 11.6 Å². The lowest BCUT2D eigenvalue weighted by Gasteiger charge is -2.50. The quantitative estimate of drug-likeness (QED) is 0.401. The second-order valence-corrected chi connectivity index (χ2v) is 10.3. The van der Waals surface area contributed by atoms with Gasteiger partial charge in [0, 0.05) is 42.1 Å². The van der Waals surface area contributed by atoms with E-state index in [1.807, 2.05) is 30.5 Å². The summed E-state index contributed by atoms with van der Waals surface area (Å²) in [5.41, 5.74) is 11.3. The molecule has 1 aliphatic carbocycles. The van der Waals surface area contributed by atoms with Crippen LogP contribution in [0.15, 0.2) is 79.5 Å². The second-order valence-electron chi connectivity index (χ2n) is 10.3. The van der Waals surface area contributed by atoms with Gasteiger partial charge in [0.2, 0.25) is 5.95 Å². The van der Waals surface area contributed by atoms with Gasteiger partial charge >= 0.3 is 0 Å². The van der Waals surface area contributed by atoms with Gasteiger partial charge in [0.25, 0.3) is 0 Å². The van der Waals surface area contributed by atoms with Crippen molar-refractivity contribution >= 4 is 11.6 Å². The maximum Gasteiger partial charge on any atom is 0.223 e. The lowest BCUT2D eigenvalue weighted by molar-refractivity contribution is 0.158. The molecule has 8 heteroatoms. The van der Waals surface area contributed by atoms with Gasteiger partial charge in [-0.15, -0.1) is 0 Å². The van der Waals surface area contributed by atoms with Crippen LogP contribution in [0, 0.1) is 5.92 Å². The Kier molecular flexibility index (Phi) is 6.57. The summed E-state index contributed by atoms with van der Waals surface area (Å²) in [4.78, 5) is 15.9. The normalized spacial score (nSPS) is 24.1. The minimum absolute atomic E-state index is 0.145. The summed E-state index contributed by atoms with van der Waals surface area (Å²) in [6.45, 7) is 2.01. The third-order valence-corrected chi connectivity index (χ3v) is 8.11. The number of hydrogen-bond acceptors (Lipinski definition) is 7. The summed E-state index contributed by atoms with van der Waals surface area (Å²) in [7, 11) is 0. The average molecular weight is 495 g/mol. The first-order valence-corrected chi connectivity index (χ1v) is 13.3. The summed E-state index contributed by atoms with van der Waals surface area (Å²) in [5.74, 6) is 1.06. The third kappa shape index (κ3) is 4.93. The van der Waals surface area contributed by atoms with E-state index in [1.165, 1.54) is 18.5 Å². The standard InChI is InChI=1S/C29H34N8/c30-29(23-9-6-18-36(19-23)24-11-13-25(14-12-24)37-21-31-20-33-37)16-5-4-10-27(29)35-28-32-17-15-26(34-28)22-7-2-1-3-8-22/h1-3,7-8,11-15,17,20-21,23,27H,4-6,9-10,16,18-19,30H2,(H,32,34,35)/t23-,27?,29?/m0/s1. The van der Waals surface area contributed by atoms with Crippen molar-refractivity contribution in [1.29, 1.82) is 0 Å². The highest BCUT2D eigenvalue weighted by Gasteiger charge is 2.45. The van der Waals surface area contributed by atoms with Gasteiger partial charge < -0.3 is 16.0 Å². The fourth-order valence-corrected chi connectivity index (χ4v) is 6.08. The van der Waals surface area contributed by atoms with Crippen molar-refractivity contribution in [2.75, 3.05) is 23.3 Å². The smallest absolute Gasteiger partial charge is 0.223 e. The maximum atomic E-state index is 7.34. The third-order valence-electron chi connectivity index (χ3n) is 8.11. The molecule has 3 N–H and O–H groups in total. The minimum atomic E-state index is -0.302. The molecule has 0 bridgehead atoms. The number of rotatable bonds is 6. The molecule has 2 aromatic heterocycles. The van der Waals surface area contributed by atoms with Gasteiger partial charge in [-0.3, -0.25) is 0 Å². The SMILES string of the molecule is NC1([C@H]2CCCN(c3ccc(-n4cncn4)cc3)C2)CCCCC1Nc1nccc(-c2ccccc2)n1. The largest absolute Gasteiger partial charge is 0.371 e. The molecule has 2 aromatic carbocycles. The summed E-state index contributed by atoms with van der Waals surface area (Å²) < 4.78 is 1.78. The first-order chi connectivity index (χ1) is 18.2. The van der Waals surface area contributed by atoms with E-state index in [4.69, 9.17) is 10.7 Å². The molecule has 37 heavy (non-hydrogen) atoms. The van der Waals surface area contributed by atoms with Crippen LogP contribution in [0.3, 0.4) is 0 Å². The summed E-state index contributed by atoms with van der Waals surface area (Å²) in [5, 5.41) is 7.91. The number of benzene rings is 2. The Morgan fingerprint density at radius 2 is 1.76 bits per heavy atom. The van der Waals surface area contributed by atoms with E-state index in [-0.39, 0.29) is 11.6 Å². The summed E-state index contributed by atoms with van der Waals surface area (Å²) >= 11 is 0. The Labute approximate surface area is 218 Å². The van der Waals surface area contributed by atoms with E-state index >= 15 is 0 Å². The molecule has 0 spiro atoms. The first-order valence-electron chi connectivity index (χ1n) is 13.3. The van der Waals surface area contributed by atoms with Crippen LogP contribution < -0.4 is 16.0 Å². The zero-order valence-corrected chi connectivity index (χ0v) is 21.1. The predicted octanol–water partition coefficient (Wildman–Crippen LogP) is 4.69. The van der Waals surface area contributed by atoms with Crippen LogP contribution in [-0.2, 0) is 0 Å². The number of nitrogens with zero attached hydrogens (tertiary/aromatic N) is 6. The van der Waals surface area contributed by atoms with E-state index in [0.717, 1.165) is 55.7 Å². The molecule has 2 unspecified atom stereocenters. The average Bonchev–Trinajstić information content (AvgIpc) is 3.51. The minimum Gasteiger partial charge on any atom is -0.371 e. The van der Waals surface area contributed by atoms with Gasteiger partial charge in [-0.2, -0.15) is 5.10 Å². The molecule has 3 atom stereocenters. The second kappa shape index (κ2) is 10.3. The summed E-state index contributed by atoms with van der Waals surface area (Å²) in [6, 6.07) is 20.9. The molecule has 6 rings (SSSR count). The Morgan fingerprint density at radius 3 is 2.57 bits per heavy atom. The van der Waals surface area contributed by atoms with Crippen molar-refractivity contribution in [3.8, 4) is 16.9 Å². The number of nitrogens with two attached hydrogens (primary N) is 1. The molecule has 1 saturated heterocycles. The molecule has 0 amide bonds. The van der Waals surface area contributed by atoms with Crippen LogP contribution in [0.1, 0.15) is 38.5 Å². The molecule has 1 aliphatic heterocycles. The van der Waals surface area contributed by atoms with Gasteiger partial charge in [-0.05, 0) is 61.9 Å². The number of piperidine rings is 1. The Balaban J connectivity index is 1.19. The van der Waals surface area contributed by atoms with Crippen molar-refractivity contribution in [2.24, 2.45) is 11.7 Å². The molecular weight excluding hydrogens is 460 g/mol. The van der Waals surface area contributed by atoms with Crippen molar-refractivity contribution < 1.29 is 0 Å². The number of nitrogens with one attached hydrogen (secondary N) is 1. The van der Waals surface area contributed by atoms with Crippen LogP contribution in [0.5, 0.6) is 0 Å². The molecule has 1 saturated carbocycles. The highest BCUT2D eigenvalue weighted by atomic mass is 15.3. The van der Waals surface area contributed by atoms with Crippen molar-refractivity contribution in [3.05, 3.63) is 79.5 Å². The lowest BCUT2D eigenvalue weighted by Crippen LogP contribution is -2.64. The van der Waals surface area contributed by atoms with E-state index in [0.29, 0.717) is 11.9 Å². The number of aromatic nitrogens is 5. The molecule has 2 fully saturated rings. The zero-order valence-electron chi connectivity index (χ0n) is 21.1. The number of hydrogen-bond donors (Lipinski definition) is 2. The van der Waals surface area contributed by atoms with E-state index in [9.17, 15) is 0 Å². The van der Waals surface area contributed by atoms with Crippen molar-refractivity contribution in [1.82, 2.24) is 24.7 Å². The lowest BCUT2D eigenvalue weighted by atomic mass is 9.67. The predicted molar refractivity (Wildman–Crippen MR) is 147 cm³/mol. The van der Waals surface area contributed by atoms with E-state index in [2.05, 4.69) is 61.7 Å². The van der Waals surface area contributed by atoms with Crippen LogP contribution in [0.25, 0.3) is 16.9 Å². The van der Waals surface area contributed by atoms with Gasteiger partial charge in [-0.1, -0.05) is 43.2 Å².